The number of esters is 2. The van der Waals surface area contributed by atoms with Crippen molar-refractivity contribution < 1.29 is 48.0 Å². The van der Waals surface area contributed by atoms with Gasteiger partial charge < -0.3 is 38.9 Å². The minimum absolute atomic E-state index is 0.0193. The Kier molecular flexibility index (Phi) is 20.3. The summed E-state index contributed by atoms with van der Waals surface area (Å²) in [5.41, 5.74) is -2.60. The second-order valence-corrected chi connectivity index (χ2v) is 22.7. The molecule has 320 valence electrons. The quantitative estimate of drug-likeness (QED) is 0.0379. The van der Waals surface area contributed by atoms with Gasteiger partial charge in [0.2, 0.25) is 5.91 Å². The molecule has 11 nitrogen and oxygen atoms in total. The van der Waals surface area contributed by atoms with Crippen molar-refractivity contribution in [2.45, 2.75) is 180 Å². The highest BCUT2D eigenvalue weighted by atomic mass is 28.4. The molecule has 0 radical (unpaired) electrons. The van der Waals surface area contributed by atoms with Crippen LogP contribution in [0.5, 0.6) is 5.75 Å². The third-order valence-corrected chi connectivity index (χ3v) is 15.5. The molecule has 3 N–H and O–H groups in total. The molecule has 1 aliphatic heterocycles. The number of nitrogens with one attached hydrogen (secondary N) is 1. The van der Waals surface area contributed by atoms with Crippen LogP contribution < -0.4 is 5.32 Å². The molecule has 12 heteroatoms. The number of unbranched alkanes of at least 4 members (excludes halogenated alkanes) is 8. The van der Waals surface area contributed by atoms with Gasteiger partial charge in [0.1, 0.15) is 17.4 Å². The number of phenolic OH excluding ortho intramolecular Hbond substituents is 1. The number of aliphatic hydroxyl groups is 1. The maximum absolute atomic E-state index is 14.3. The van der Waals surface area contributed by atoms with Gasteiger partial charge in [0.05, 0.1) is 26.2 Å². The van der Waals surface area contributed by atoms with Crippen LogP contribution in [0.1, 0.15) is 138 Å². The first-order valence-electron chi connectivity index (χ1n) is 20.9. The van der Waals surface area contributed by atoms with Gasteiger partial charge in [-0.15, -0.1) is 0 Å². The largest absolute Gasteiger partial charge is 0.508 e. The first-order chi connectivity index (χ1) is 26.2. The van der Waals surface area contributed by atoms with E-state index in [1.54, 1.807) is 39.0 Å². The Bertz CT molecular complexity index is 1360. The topological polar surface area (TPSA) is 150 Å². The van der Waals surface area contributed by atoms with Gasteiger partial charge in [0, 0.05) is 32.3 Å². The predicted octanol–water partition coefficient (Wildman–Crippen LogP) is 8.69. The zero-order valence-electron chi connectivity index (χ0n) is 36.3. The van der Waals surface area contributed by atoms with Crippen LogP contribution in [0.25, 0.3) is 0 Å². The molecule has 0 unspecified atom stereocenters. The molecule has 1 fully saturated rings. The summed E-state index contributed by atoms with van der Waals surface area (Å²) in [6.07, 6.45) is 15.4. The minimum atomic E-state index is -2.32. The monoisotopic (exact) mass is 806 g/mol. The standard InChI is InChI=1S/C44H75NO10Si/c1-11-12-13-17-20-27-43(52-31-32-53-43)28-21-18-15-14-16-19-22-36(38(47)45-37(39(48)51-8)33-34-23-25-35(46)26-24-34)44(50,40(49)55-41(2,3)4)29-30-54-56(9,10)42(5,6)7/h19,22-26,36-37,46,50H,11-18,20-21,27-33H2,1-10H3,(H,45,47)/b22-19+/t36-,37+,44+/m1/s1. The highest BCUT2D eigenvalue weighted by molar-refractivity contribution is 6.74. The van der Waals surface area contributed by atoms with Gasteiger partial charge in [-0.05, 0) is 82.3 Å². The Morgan fingerprint density at radius 3 is 2.02 bits per heavy atom. The third-order valence-electron chi connectivity index (χ3n) is 11.0. The molecule has 0 saturated carbocycles. The molecule has 1 saturated heterocycles. The first kappa shape index (κ1) is 49.4. The number of rotatable bonds is 25. The van der Waals surface area contributed by atoms with Crippen molar-refractivity contribution in [1.82, 2.24) is 5.32 Å². The summed E-state index contributed by atoms with van der Waals surface area (Å²) in [5.74, 6) is -4.18. The number of allylic oxidation sites excluding steroid dienone is 1. The molecule has 56 heavy (non-hydrogen) atoms. The van der Waals surface area contributed by atoms with Gasteiger partial charge in [-0.2, -0.15) is 0 Å². The van der Waals surface area contributed by atoms with E-state index in [2.05, 4.69) is 46.1 Å². The van der Waals surface area contributed by atoms with E-state index in [1.807, 2.05) is 6.08 Å². The van der Waals surface area contributed by atoms with Crippen molar-refractivity contribution in [3.8, 4) is 5.75 Å². The average Bonchev–Trinajstić information content (AvgIpc) is 3.58. The van der Waals surface area contributed by atoms with Gasteiger partial charge in [-0.3, -0.25) is 4.79 Å². The number of carbonyl (C=O) groups is 3. The Labute approximate surface area is 338 Å². The molecular formula is C44H75NO10Si. The number of amides is 1. The van der Waals surface area contributed by atoms with Crippen LogP contribution in [0, 0.1) is 5.92 Å². The van der Waals surface area contributed by atoms with E-state index in [0.29, 0.717) is 25.2 Å². The van der Waals surface area contributed by atoms with Crippen LogP contribution in [-0.2, 0) is 44.2 Å². The van der Waals surface area contributed by atoms with Crippen LogP contribution in [0.15, 0.2) is 36.4 Å². The van der Waals surface area contributed by atoms with Crippen molar-refractivity contribution in [1.29, 1.82) is 0 Å². The Morgan fingerprint density at radius 1 is 0.911 bits per heavy atom. The maximum Gasteiger partial charge on any atom is 0.339 e. The van der Waals surface area contributed by atoms with Crippen LogP contribution >= 0.6 is 0 Å². The van der Waals surface area contributed by atoms with Gasteiger partial charge >= 0.3 is 11.9 Å². The molecule has 1 aromatic rings. The number of hydrogen-bond donors (Lipinski definition) is 3. The summed E-state index contributed by atoms with van der Waals surface area (Å²) in [7, 11) is -1.06. The lowest BCUT2D eigenvalue weighted by molar-refractivity contribution is -0.185. The van der Waals surface area contributed by atoms with E-state index in [9.17, 15) is 24.6 Å². The number of aromatic hydroxyl groups is 1. The third kappa shape index (κ3) is 16.6. The normalized spacial score (nSPS) is 17.0. The molecule has 2 rings (SSSR count). The fourth-order valence-electron chi connectivity index (χ4n) is 6.51. The molecule has 0 aromatic heterocycles. The van der Waals surface area contributed by atoms with E-state index < -0.39 is 55.1 Å². The number of hydrogen-bond acceptors (Lipinski definition) is 10. The number of ether oxygens (including phenoxy) is 4. The van der Waals surface area contributed by atoms with E-state index in [-0.39, 0.29) is 30.2 Å². The summed E-state index contributed by atoms with van der Waals surface area (Å²) < 4.78 is 29.4. The number of benzene rings is 1. The molecule has 1 amide bonds. The molecule has 0 bridgehead atoms. The van der Waals surface area contributed by atoms with E-state index in [1.165, 1.54) is 44.9 Å². The van der Waals surface area contributed by atoms with Gasteiger partial charge in [-0.1, -0.05) is 90.5 Å². The van der Waals surface area contributed by atoms with Crippen molar-refractivity contribution in [2.75, 3.05) is 26.9 Å². The van der Waals surface area contributed by atoms with Crippen molar-refractivity contribution in [2.24, 2.45) is 5.92 Å². The van der Waals surface area contributed by atoms with Crippen molar-refractivity contribution in [3.63, 3.8) is 0 Å². The zero-order valence-corrected chi connectivity index (χ0v) is 37.3. The minimum Gasteiger partial charge on any atom is -0.508 e. The van der Waals surface area contributed by atoms with Crippen molar-refractivity contribution >= 4 is 26.2 Å². The number of carbonyl (C=O) groups excluding carboxylic acids is 3. The fraction of sp³-hybridized carbons (Fsp3) is 0.750. The van der Waals surface area contributed by atoms with Gasteiger partial charge in [0.15, 0.2) is 19.7 Å². The second-order valence-electron chi connectivity index (χ2n) is 17.9. The Morgan fingerprint density at radius 2 is 1.48 bits per heavy atom. The number of methoxy groups -OCH3 is 1. The zero-order chi connectivity index (χ0) is 42.0. The molecule has 0 spiro atoms. The lowest BCUT2D eigenvalue weighted by Crippen LogP contribution is -2.57. The molecule has 1 aliphatic rings. The summed E-state index contributed by atoms with van der Waals surface area (Å²) in [6.45, 7) is 19.1. The lowest BCUT2D eigenvalue weighted by Gasteiger charge is -2.38. The molecule has 3 atom stereocenters. The average molecular weight is 806 g/mol. The van der Waals surface area contributed by atoms with Crippen molar-refractivity contribution in [3.05, 3.63) is 42.0 Å². The first-order valence-corrected chi connectivity index (χ1v) is 23.8. The van der Waals surface area contributed by atoms with Crippen LogP contribution in [-0.4, -0.2) is 86.3 Å². The SMILES string of the molecule is CCCCCCCC1(CCCCCC/C=C/[C@H](C(=O)N[C@@H](Cc2ccc(O)cc2)C(=O)OC)[C@@](O)(CCO[Si](C)(C)C(C)(C)C)C(=O)OC(C)(C)C)OCCO1. The van der Waals surface area contributed by atoms with Gasteiger partial charge in [-0.25, -0.2) is 9.59 Å². The van der Waals surface area contributed by atoms with Crippen LogP contribution in [0.4, 0.5) is 0 Å². The molecule has 1 heterocycles. The summed E-state index contributed by atoms with van der Waals surface area (Å²) in [5, 5.41) is 24.8. The smallest absolute Gasteiger partial charge is 0.339 e. The maximum atomic E-state index is 14.3. The van der Waals surface area contributed by atoms with Crippen LogP contribution in [0.3, 0.4) is 0 Å². The molecular weight excluding hydrogens is 731 g/mol. The molecule has 1 aromatic carbocycles. The summed E-state index contributed by atoms with van der Waals surface area (Å²) in [4.78, 5) is 41.3. The highest BCUT2D eigenvalue weighted by Crippen LogP contribution is 2.38. The van der Waals surface area contributed by atoms with Crippen LogP contribution in [0.2, 0.25) is 18.1 Å². The van der Waals surface area contributed by atoms with Gasteiger partial charge in [0.25, 0.3) is 0 Å². The number of phenols is 1. The van der Waals surface area contributed by atoms with E-state index in [0.717, 1.165) is 44.9 Å². The molecule has 0 aliphatic carbocycles. The Hall–Kier alpha value is -2.77. The summed E-state index contributed by atoms with van der Waals surface area (Å²) >= 11 is 0. The fourth-order valence-corrected chi connectivity index (χ4v) is 7.55. The van der Waals surface area contributed by atoms with E-state index >= 15 is 0 Å². The van der Waals surface area contributed by atoms with E-state index in [4.69, 9.17) is 23.4 Å². The second kappa shape index (κ2) is 23.0. The predicted molar refractivity (Wildman–Crippen MR) is 223 cm³/mol. The summed E-state index contributed by atoms with van der Waals surface area (Å²) in [6, 6.07) is 5.14. The lowest BCUT2D eigenvalue weighted by atomic mass is 9.82. The highest BCUT2D eigenvalue weighted by Gasteiger charge is 2.50. The Balaban J connectivity index is 2.28.